The number of carbonyl (C=O) groups is 2. The summed E-state index contributed by atoms with van der Waals surface area (Å²) in [5, 5.41) is 28.9. The van der Waals surface area contributed by atoms with E-state index in [1.165, 1.54) is 11.1 Å². The molecular formula is C43H59ClN6O5. The van der Waals surface area contributed by atoms with Crippen molar-refractivity contribution in [2.45, 2.75) is 101 Å². The summed E-state index contributed by atoms with van der Waals surface area (Å²) in [6.45, 7) is 7.41. The molecule has 0 bridgehead atoms. The van der Waals surface area contributed by atoms with E-state index in [0.717, 1.165) is 98.5 Å². The number of carbonyl (C=O) groups excluding carboxylic acids is 2. The van der Waals surface area contributed by atoms with Gasteiger partial charge in [0.05, 0.1) is 18.8 Å². The molecule has 0 spiro atoms. The Morgan fingerprint density at radius 1 is 0.982 bits per heavy atom. The first-order valence-corrected chi connectivity index (χ1v) is 20.7. The van der Waals surface area contributed by atoms with Gasteiger partial charge in [0, 0.05) is 87.3 Å². The van der Waals surface area contributed by atoms with Crippen molar-refractivity contribution < 1.29 is 24.5 Å². The Morgan fingerprint density at radius 2 is 1.78 bits per heavy atom. The van der Waals surface area contributed by atoms with E-state index < -0.39 is 6.10 Å². The van der Waals surface area contributed by atoms with Gasteiger partial charge in [0.1, 0.15) is 5.75 Å². The maximum absolute atomic E-state index is 12.7. The van der Waals surface area contributed by atoms with Crippen LogP contribution in [0.15, 0.2) is 60.9 Å². The zero-order valence-electron chi connectivity index (χ0n) is 32.3. The number of piperazine rings is 1. The van der Waals surface area contributed by atoms with Crippen LogP contribution in [-0.4, -0.2) is 102 Å². The summed E-state index contributed by atoms with van der Waals surface area (Å²) in [6.07, 6.45) is 12.1. The van der Waals surface area contributed by atoms with Crippen LogP contribution < -0.4 is 20.7 Å². The average molecular weight is 775 g/mol. The lowest BCUT2D eigenvalue weighted by Gasteiger charge is -2.34. The smallest absolute Gasteiger partial charge is 0.317 e. The van der Waals surface area contributed by atoms with Crippen LogP contribution in [0.1, 0.15) is 93.7 Å². The fourth-order valence-electron chi connectivity index (χ4n) is 7.39. The van der Waals surface area contributed by atoms with Crippen LogP contribution in [0.5, 0.6) is 5.75 Å². The zero-order valence-corrected chi connectivity index (χ0v) is 33.0. The second-order valence-corrected chi connectivity index (χ2v) is 16.0. The number of halogens is 1. The molecule has 3 aliphatic rings. The molecule has 5 N–H and O–H groups in total. The highest BCUT2D eigenvalue weighted by Crippen LogP contribution is 2.50. The summed E-state index contributed by atoms with van der Waals surface area (Å²) >= 11 is 6.75. The van der Waals surface area contributed by atoms with E-state index in [1.54, 1.807) is 0 Å². The minimum atomic E-state index is -0.683. The van der Waals surface area contributed by atoms with Gasteiger partial charge in [0.15, 0.2) is 0 Å². The highest BCUT2D eigenvalue weighted by molar-refractivity contribution is 6.31. The van der Waals surface area contributed by atoms with Crippen LogP contribution >= 0.6 is 11.6 Å². The SMILES string of the molecule is CC(CCCC(=O)NCCN1CCN(C(=O)NCCCC[C@H](O)CO)CC1)c1ccc(Cl)c(CNC2(c3cnccc3-c3ccccc3OC3CC3)CC2)c1. The van der Waals surface area contributed by atoms with Crippen molar-refractivity contribution in [1.29, 1.82) is 0 Å². The second kappa shape index (κ2) is 19.9. The summed E-state index contributed by atoms with van der Waals surface area (Å²) in [5.41, 5.74) is 5.62. The molecule has 1 unspecified atom stereocenters. The molecule has 3 amide bonds. The molecule has 0 radical (unpaired) electrons. The Hall–Kier alpha value is -3.74. The molecule has 3 aromatic rings. The van der Waals surface area contributed by atoms with E-state index in [0.29, 0.717) is 57.6 Å². The molecule has 298 valence electrons. The number of nitrogens with one attached hydrogen (secondary N) is 3. The molecule has 55 heavy (non-hydrogen) atoms. The molecule has 2 aliphatic carbocycles. The molecule has 6 rings (SSSR count). The monoisotopic (exact) mass is 774 g/mol. The fourth-order valence-corrected chi connectivity index (χ4v) is 7.58. The van der Waals surface area contributed by atoms with E-state index in [9.17, 15) is 14.7 Å². The van der Waals surface area contributed by atoms with E-state index in [2.05, 4.69) is 69.2 Å². The summed E-state index contributed by atoms with van der Waals surface area (Å²) in [4.78, 5) is 33.8. The van der Waals surface area contributed by atoms with E-state index in [4.69, 9.17) is 21.4 Å². The molecular weight excluding hydrogens is 716 g/mol. The van der Waals surface area contributed by atoms with Gasteiger partial charge in [0.2, 0.25) is 5.91 Å². The molecule has 11 nitrogen and oxygen atoms in total. The van der Waals surface area contributed by atoms with Crippen molar-refractivity contribution in [2.75, 3.05) is 52.4 Å². The van der Waals surface area contributed by atoms with Crippen molar-refractivity contribution in [3.8, 4) is 16.9 Å². The van der Waals surface area contributed by atoms with Crippen LogP contribution in [0.2, 0.25) is 5.02 Å². The minimum Gasteiger partial charge on any atom is -0.490 e. The lowest BCUT2D eigenvalue weighted by atomic mass is 9.93. The number of hydrogen-bond donors (Lipinski definition) is 5. The summed E-state index contributed by atoms with van der Waals surface area (Å²) in [5.74, 6) is 1.30. The van der Waals surface area contributed by atoms with Gasteiger partial charge in [0.25, 0.3) is 0 Å². The number of aliphatic hydroxyl groups is 2. The third-order valence-electron chi connectivity index (χ3n) is 11.2. The molecule has 2 aromatic carbocycles. The van der Waals surface area contributed by atoms with Crippen LogP contribution in [-0.2, 0) is 16.9 Å². The van der Waals surface area contributed by atoms with Gasteiger partial charge in [-0.15, -0.1) is 0 Å². The molecule has 1 saturated heterocycles. The number of rotatable bonds is 21. The number of unbranched alkanes of at least 4 members (excludes halogenated alkanes) is 1. The lowest BCUT2D eigenvalue weighted by molar-refractivity contribution is -0.121. The van der Waals surface area contributed by atoms with Gasteiger partial charge >= 0.3 is 6.03 Å². The third kappa shape index (κ3) is 11.9. The Balaban J connectivity index is 0.897. The van der Waals surface area contributed by atoms with Crippen molar-refractivity contribution in [2.24, 2.45) is 0 Å². The van der Waals surface area contributed by atoms with Crippen molar-refractivity contribution >= 4 is 23.5 Å². The van der Waals surface area contributed by atoms with Crippen LogP contribution in [0.3, 0.4) is 0 Å². The van der Waals surface area contributed by atoms with Crippen molar-refractivity contribution in [1.82, 2.24) is 30.7 Å². The standard InChI is InChI=1S/C43H59ClN6O5/c1-31(7-6-11-41(53)46-21-22-49-23-25-50(26-24-49)42(54)47-19-5-4-8-34(52)30-51)32-12-15-39(44)33(27-32)28-48-43(17-18-43)38-29-45-20-16-36(38)37-9-2-3-10-40(37)55-35-13-14-35/h2-3,9-10,12,15-16,20,27,29,31,34-35,48,51-52H,4-8,11,13-14,17-19,21-26,28,30H2,1H3,(H,46,53)(H,47,54)/t31?,34-/m0/s1. The summed E-state index contributed by atoms with van der Waals surface area (Å²) in [7, 11) is 0. The van der Waals surface area contributed by atoms with Gasteiger partial charge < -0.3 is 35.8 Å². The second-order valence-electron chi connectivity index (χ2n) is 15.6. The van der Waals surface area contributed by atoms with Gasteiger partial charge in [-0.25, -0.2) is 4.79 Å². The Morgan fingerprint density at radius 3 is 2.55 bits per heavy atom. The maximum atomic E-state index is 12.7. The maximum Gasteiger partial charge on any atom is 0.317 e. The fraction of sp³-hybridized carbons (Fsp3) is 0.558. The van der Waals surface area contributed by atoms with E-state index in [-0.39, 0.29) is 24.1 Å². The number of para-hydroxylation sites is 1. The first kappa shape index (κ1) is 40.9. The van der Waals surface area contributed by atoms with Crippen LogP contribution in [0.25, 0.3) is 11.1 Å². The number of benzene rings is 2. The number of aliphatic hydroxyl groups excluding tert-OH is 2. The van der Waals surface area contributed by atoms with Gasteiger partial charge in [-0.05, 0) is 104 Å². The molecule has 1 aromatic heterocycles. The number of urea groups is 1. The first-order valence-electron chi connectivity index (χ1n) is 20.3. The highest BCUT2D eigenvalue weighted by atomic mass is 35.5. The summed E-state index contributed by atoms with van der Waals surface area (Å²) < 4.78 is 6.29. The van der Waals surface area contributed by atoms with Crippen LogP contribution in [0.4, 0.5) is 4.79 Å². The Labute approximate surface area is 331 Å². The van der Waals surface area contributed by atoms with Crippen LogP contribution in [0, 0.1) is 0 Å². The largest absolute Gasteiger partial charge is 0.490 e. The molecule has 3 fully saturated rings. The van der Waals surface area contributed by atoms with Gasteiger partial charge in [-0.3, -0.25) is 14.7 Å². The Bertz CT molecular complexity index is 1710. The van der Waals surface area contributed by atoms with E-state index in [1.807, 2.05) is 29.4 Å². The molecule has 12 heteroatoms. The molecule has 2 heterocycles. The number of nitrogens with zero attached hydrogens (tertiary/aromatic N) is 3. The molecule has 2 saturated carbocycles. The van der Waals surface area contributed by atoms with Crippen molar-refractivity contribution in [3.05, 3.63) is 82.6 Å². The van der Waals surface area contributed by atoms with Crippen molar-refractivity contribution in [3.63, 3.8) is 0 Å². The highest BCUT2D eigenvalue weighted by Gasteiger charge is 2.46. The quantitative estimate of drug-likeness (QED) is 0.0837. The van der Waals surface area contributed by atoms with Gasteiger partial charge in [-0.1, -0.05) is 48.9 Å². The predicted molar refractivity (Wildman–Crippen MR) is 216 cm³/mol. The minimum absolute atomic E-state index is 0.0603. The normalized spacial score (nSPS) is 17.7. The zero-order chi connectivity index (χ0) is 38.6. The number of aromatic nitrogens is 1. The third-order valence-corrected chi connectivity index (χ3v) is 11.6. The number of hydrogen-bond acceptors (Lipinski definition) is 8. The lowest BCUT2D eigenvalue weighted by Crippen LogP contribution is -2.52. The molecule has 1 aliphatic heterocycles. The number of amides is 3. The van der Waals surface area contributed by atoms with E-state index >= 15 is 0 Å². The first-order chi connectivity index (χ1) is 26.7. The average Bonchev–Trinajstić information content (AvgIpc) is 4.15. The van der Waals surface area contributed by atoms with Gasteiger partial charge in [-0.2, -0.15) is 0 Å². The summed E-state index contributed by atoms with van der Waals surface area (Å²) in [6, 6.07) is 16.7. The molecule has 2 atom stereocenters. The Kier molecular flexibility index (Phi) is 14.8. The predicted octanol–water partition coefficient (Wildman–Crippen LogP) is 5.96. The topological polar surface area (TPSA) is 139 Å². The number of ether oxygens (including phenoxy) is 1. The number of pyridine rings is 1.